The molecule has 1 aliphatic heterocycles. The number of carbonyl (C=O) groups is 1. The minimum atomic E-state index is -0.416. The minimum Gasteiger partial charge on any atom is -0.209 e. The van der Waals surface area contributed by atoms with Gasteiger partial charge in [-0.3, -0.25) is 0 Å². The highest BCUT2D eigenvalue weighted by Gasteiger charge is 2.35. The van der Waals surface area contributed by atoms with Crippen LogP contribution in [-0.4, -0.2) is 10.7 Å². The molecule has 0 N–H and O–H groups in total. The third-order valence-corrected chi connectivity index (χ3v) is 1.79. The number of fused-ring (bicyclic) bond motifs is 1. The monoisotopic (exact) mass is 148 g/mol. The van der Waals surface area contributed by atoms with Crippen molar-refractivity contribution in [1.82, 2.24) is 0 Å². The predicted molar refractivity (Wildman–Crippen MR) is 38.1 cm³/mol. The van der Waals surface area contributed by atoms with Gasteiger partial charge in [-0.15, -0.1) is 0 Å². The number of amides is 1. The average molecular weight is 148 g/mol. The summed E-state index contributed by atoms with van der Waals surface area (Å²) in [5.74, 6) is -0.416. The first kappa shape index (κ1) is 6.22. The van der Waals surface area contributed by atoms with Crippen LogP contribution < -0.4 is 0 Å². The molecule has 3 heteroatoms. The van der Waals surface area contributed by atoms with Gasteiger partial charge >= 0.3 is 5.91 Å². The maximum absolute atomic E-state index is 11.0. The van der Waals surface area contributed by atoms with E-state index in [9.17, 15) is 9.70 Å². The second-order valence-electron chi connectivity index (χ2n) is 2.50. The van der Waals surface area contributed by atoms with E-state index < -0.39 is 5.91 Å². The number of benzene rings is 1. The summed E-state index contributed by atoms with van der Waals surface area (Å²) in [6, 6.07) is 7.06. The van der Waals surface area contributed by atoms with Crippen molar-refractivity contribution in [2.45, 2.75) is 6.54 Å². The Morgan fingerprint density at radius 1 is 1.27 bits per heavy atom. The average Bonchev–Trinajstić information content (AvgIpc) is 2.30. The van der Waals surface area contributed by atoms with Gasteiger partial charge in [0, 0.05) is 10.5 Å². The van der Waals surface area contributed by atoms with Crippen molar-refractivity contribution in [3.63, 3.8) is 0 Å². The number of nitrogens with zero attached hydrogens (tertiary/aromatic N) is 1. The summed E-state index contributed by atoms with van der Waals surface area (Å²) in [4.78, 5) is 21.8. The van der Waals surface area contributed by atoms with Gasteiger partial charge in [-0.25, -0.2) is 4.79 Å². The fraction of sp³-hybridized carbons (Fsp3) is 0.125. The van der Waals surface area contributed by atoms with Crippen LogP contribution in [0, 0.1) is 4.91 Å². The number of rotatable bonds is 0. The third-order valence-electron chi connectivity index (χ3n) is 1.79. The van der Waals surface area contributed by atoms with E-state index in [0.717, 1.165) is 5.56 Å². The topological polar surface area (TPSA) is 37.1 Å². The summed E-state index contributed by atoms with van der Waals surface area (Å²) in [5.41, 5.74) is 1.37. The molecular weight excluding hydrogens is 142 g/mol. The molecule has 0 saturated carbocycles. The summed E-state index contributed by atoms with van der Waals surface area (Å²) >= 11 is 0. The van der Waals surface area contributed by atoms with Crippen molar-refractivity contribution in [2.75, 3.05) is 0 Å². The van der Waals surface area contributed by atoms with Gasteiger partial charge in [-0.2, -0.15) is 0 Å². The number of carbonyl (C=O) groups excluding carboxylic acids is 1. The second-order valence-corrected chi connectivity index (χ2v) is 2.50. The van der Waals surface area contributed by atoms with E-state index in [1.165, 1.54) is 0 Å². The van der Waals surface area contributed by atoms with Crippen LogP contribution in [0.4, 0.5) is 0 Å². The highest BCUT2D eigenvalue weighted by Crippen LogP contribution is 2.17. The largest absolute Gasteiger partial charge is 0.466 e. The standard InChI is InChI=1S/C8H6NO2/c10-8-7-4-2-1-3-6(7)5-9(8)11/h1-4H,5H2/q+1. The van der Waals surface area contributed by atoms with Crippen molar-refractivity contribution in [3.05, 3.63) is 40.3 Å². The van der Waals surface area contributed by atoms with Crippen molar-refractivity contribution < 1.29 is 9.55 Å². The SMILES string of the molecule is O=C1c2ccccc2C[N+]1=O. The Bertz CT molecular complexity index is 344. The maximum atomic E-state index is 11.0. The zero-order valence-electron chi connectivity index (χ0n) is 5.78. The molecule has 54 valence electrons. The van der Waals surface area contributed by atoms with Gasteiger partial charge in [0.25, 0.3) is 0 Å². The molecule has 0 atom stereocenters. The predicted octanol–water partition coefficient (Wildman–Crippen LogP) is 1.12. The number of hydrogen-bond acceptors (Lipinski definition) is 2. The first-order valence-electron chi connectivity index (χ1n) is 3.36. The molecule has 0 unspecified atom stereocenters. The lowest BCUT2D eigenvalue weighted by atomic mass is 10.1. The molecule has 3 nitrogen and oxygen atoms in total. The van der Waals surface area contributed by atoms with Gasteiger partial charge in [-0.05, 0) is 6.07 Å². The van der Waals surface area contributed by atoms with Crippen LogP contribution in [-0.2, 0) is 6.54 Å². The van der Waals surface area contributed by atoms with Crippen molar-refractivity contribution in [1.29, 1.82) is 0 Å². The summed E-state index contributed by atoms with van der Waals surface area (Å²) in [6.45, 7) is 0.203. The Morgan fingerprint density at radius 3 is 2.73 bits per heavy atom. The molecule has 0 aliphatic carbocycles. The Morgan fingerprint density at radius 2 is 2.00 bits per heavy atom. The normalized spacial score (nSPS) is 15.3. The summed E-state index contributed by atoms with van der Waals surface area (Å²) in [7, 11) is 0. The second kappa shape index (κ2) is 1.99. The van der Waals surface area contributed by atoms with Crippen molar-refractivity contribution in [2.24, 2.45) is 0 Å². The fourth-order valence-electron chi connectivity index (χ4n) is 1.23. The van der Waals surface area contributed by atoms with E-state index in [1.807, 2.05) is 6.07 Å². The van der Waals surface area contributed by atoms with E-state index >= 15 is 0 Å². The van der Waals surface area contributed by atoms with Gasteiger partial charge in [0.05, 0.1) is 4.76 Å². The van der Waals surface area contributed by atoms with Crippen molar-refractivity contribution >= 4 is 5.91 Å². The van der Waals surface area contributed by atoms with Crippen LogP contribution in [0.3, 0.4) is 0 Å². The van der Waals surface area contributed by atoms with Crippen LogP contribution in [0.15, 0.2) is 24.3 Å². The molecule has 1 heterocycles. The lowest BCUT2D eigenvalue weighted by Gasteiger charge is -1.84. The smallest absolute Gasteiger partial charge is 0.209 e. The molecule has 1 aliphatic rings. The molecule has 1 aromatic rings. The van der Waals surface area contributed by atoms with Gasteiger partial charge in [0.15, 0.2) is 0 Å². The van der Waals surface area contributed by atoms with E-state index in [2.05, 4.69) is 0 Å². The summed E-state index contributed by atoms with van der Waals surface area (Å²) in [6.07, 6.45) is 0. The molecule has 0 fully saturated rings. The van der Waals surface area contributed by atoms with Crippen LogP contribution in [0.25, 0.3) is 0 Å². The molecule has 1 amide bonds. The molecular formula is C8H6NO2+. The summed E-state index contributed by atoms with van der Waals surface area (Å²) in [5, 5.41) is 0. The van der Waals surface area contributed by atoms with Gasteiger partial charge in [-0.1, -0.05) is 18.2 Å². The molecule has 0 radical (unpaired) electrons. The van der Waals surface area contributed by atoms with E-state index in [0.29, 0.717) is 10.3 Å². The van der Waals surface area contributed by atoms with E-state index in [4.69, 9.17) is 0 Å². The first-order chi connectivity index (χ1) is 5.29. The molecule has 0 bridgehead atoms. The van der Waals surface area contributed by atoms with E-state index in [1.54, 1.807) is 18.2 Å². The van der Waals surface area contributed by atoms with Crippen LogP contribution in [0.1, 0.15) is 15.9 Å². The Balaban J connectivity index is 2.64. The zero-order valence-corrected chi connectivity index (χ0v) is 5.78. The molecule has 11 heavy (non-hydrogen) atoms. The lowest BCUT2D eigenvalue weighted by molar-refractivity contribution is -0.459. The highest BCUT2D eigenvalue weighted by molar-refractivity contribution is 5.91. The molecule has 2 rings (SSSR count). The van der Waals surface area contributed by atoms with Crippen LogP contribution in [0.5, 0.6) is 0 Å². The van der Waals surface area contributed by atoms with E-state index in [-0.39, 0.29) is 6.54 Å². The third kappa shape index (κ3) is 0.774. The summed E-state index contributed by atoms with van der Waals surface area (Å²) < 4.78 is 0.477. The van der Waals surface area contributed by atoms with Crippen LogP contribution >= 0.6 is 0 Å². The van der Waals surface area contributed by atoms with Gasteiger partial charge in [0.1, 0.15) is 5.56 Å². The van der Waals surface area contributed by atoms with Crippen LogP contribution in [0.2, 0.25) is 0 Å². The molecule has 0 saturated heterocycles. The Hall–Kier alpha value is -1.51. The molecule has 1 aromatic carbocycles. The van der Waals surface area contributed by atoms with Crippen molar-refractivity contribution in [3.8, 4) is 0 Å². The zero-order chi connectivity index (χ0) is 7.84. The highest BCUT2D eigenvalue weighted by atomic mass is 16.3. The number of hydrogen-bond donors (Lipinski definition) is 0. The first-order valence-corrected chi connectivity index (χ1v) is 3.36. The fourth-order valence-corrected chi connectivity index (χ4v) is 1.23. The molecule has 0 spiro atoms. The van der Waals surface area contributed by atoms with Gasteiger partial charge in [0.2, 0.25) is 6.54 Å². The quantitative estimate of drug-likeness (QED) is 0.517. The Kier molecular flexibility index (Phi) is 1.12. The van der Waals surface area contributed by atoms with Gasteiger partial charge < -0.3 is 0 Å². The molecule has 0 aromatic heterocycles. The minimum absolute atomic E-state index is 0.203. The lowest BCUT2D eigenvalue weighted by Crippen LogP contribution is -2.06. The number of nitroso groups, excluding NO2 is 1. The maximum Gasteiger partial charge on any atom is 0.466 e. The Labute approximate surface area is 63.2 Å².